The van der Waals surface area contributed by atoms with Crippen LogP contribution in [-0.4, -0.2) is 52.8 Å². The highest BCUT2D eigenvalue weighted by Gasteiger charge is 2.32. The van der Waals surface area contributed by atoms with Gasteiger partial charge in [0.2, 0.25) is 5.95 Å². The highest BCUT2D eigenvalue weighted by Crippen LogP contribution is 2.40. The quantitative estimate of drug-likeness (QED) is 0.485. The van der Waals surface area contributed by atoms with Crippen molar-refractivity contribution in [3.63, 3.8) is 0 Å². The number of benzene rings is 1. The molecule has 38 heavy (non-hydrogen) atoms. The van der Waals surface area contributed by atoms with Crippen molar-refractivity contribution < 1.29 is 9.53 Å². The van der Waals surface area contributed by atoms with Crippen molar-refractivity contribution in [3.8, 4) is 0 Å². The molecular weight excluding hydrogens is 480 g/mol. The van der Waals surface area contributed by atoms with Crippen LogP contribution in [-0.2, 0) is 9.53 Å². The maximum Gasteiger partial charge on any atom is 0.276 e. The Labute approximate surface area is 222 Å². The normalized spacial score (nSPS) is 21.3. The van der Waals surface area contributed by atoms with Crippen LogP contribution in [0.1, 0.15) is 50.1 Å². The van der Waals surface area contributed by atoms with Gasteiger partial charge in [0.05, 0.1) is 17.5 Å². The summed E-state index contributed by atoms with van der Waals surface area (Å²) < 4.78 is 7.50. The first-order valence-corrected chi connectivity index (χ1v) is 13.5. The molecule has 198 valence electrons. The van der Waals surface area contributed by atoms with Gasteiger partial charge in [-0.1, -0.05) is 18.7 Å². The molecule has 1 N–H and O–H groups in total. The molecule has 3 heterocycles. The summed E-state index contributed by atoms with van der Waals surface area (Å²) >= 11 is 0. The van der Waals surface area contributed by atoms with E-state index in [0.29, 0.717) is 36.4 Å². The second kappa shape index (κ2) is 9.87. The minimum Gasteiger partial charge on any atom is -0.381 e. The molecule has 0 radical (unpaired) electrons. The van der Waals surface area contributed by atoms with E-state index in [-0.39, 0.29) is 23.6 Å². The van der Waals surface area contributed by atoms with E-state index in [4.69, 9.17) is 9.72 Å². The fourth-order valence-electron chi connectivity index (χ4n) is 5.88. The Balaban J connectivity index is 1.49. The molecule has 9 heteroatoms. The van der Waals surface area contributed by atoms with Crippen molar-refractivity contribution >= 4 is 40.0 Å². The predicted octanol–water partition coefficient (Wildman–Crippen LogP) is 4.48. The molecule has 0 saturated heterocycles. The molecule has 1 amide bonds. The number of amides is 1. The zero-order chi connectivity index (χ0) is 26.4. The Kier molecular flexibility index (Phi) is 6.39. The summed E-state index contributed by atoms with van der Waals surface area (Å²) in [6, 6.07) is 8.28. The molecular formula is C29H34N6O3. The number of carbonyl (C=O) groups is 1. The Hall–Kier alpha value is -3.72. The van der Waals surface area contributed by atoms with Crippen molar-refractivity contribution in [3.05, 3.63) is 59.0 Å². The molecule has 1 aromatic carbocycles. The summed E-state index contributed by atoms with van der Waals surface area (Å²) in [5, 5.41) is 4.21. The highest BCUT2D eigenvalue weighted by atomic mass is 16.5. The number of anilines is 4. The summed E-state index contributed by atoms with van der Waals surface area (Å²) in [5.41, 5.74) is 3.81. The molecule has 0 atom stereocenters. The van der Waals surface area contributed by atoms with Crippen LogP contribution < -0.4 is 20.7 Å². The van der Waals surface area contributed by atoms with Gasteiger partial charge in [0, 0.05) is 43.9 Å². The molecule has 1 aliphatic heterocycles. The smallest absolute Gasteiger partial charge is 0.276 e. The third-order valence-corrected chi connectivity index (χ3v) is 8.06. The predicted molar refractivity (Wildman–Crippen MR) is 149 cm³/mol. The maximum atomic E-state index is 14.4. The number of rotatable bonds is 6. The Morgan fingerprint density at radius 1 is 1.13 bits per heavy atom. The summed E-state index contributed by atoms with van der Waals surface area (Å²) in [6.45, 7) is 6.62. The second-order valence-corrected chi connectivity index (χ2v) is 10.6. The van der Waals surface area contributed by atoms with E-state index in [1.165, 1.54) is 6.08 Å². The first-order valence-electron chi connectivity index (χ1n) is 13.5. The number of fused-ring (bicyclic) bond motifs is 2. The third-order valence-electron chi connectivity index (χ3n) is 8.06. The van der Waals surface area contributed by atoms with Crippen molar-refractivity contribution in [1.29, 1.82) is 0 Å². The van der Waals surface area contributed by atoms with Gasteiger partial charge in [0.25, 0.3) is 11.5 Å². The number of methoxy groups -OCH3 is 1. The molecule has 2 saturated carbocycles. The molecule has 2 fully saturated rings. The van der Waals surface area contributed by atoms with Gasteiger partial charge in [0.1, 0.15) is 11.3 Å². The lowest BCUT2D eigenvalue weighted by Gasteiger charge is -2.38. The van der Waals surface area contributed by atoms with E-state index in [1.807, 2.05) is 46.9 Å². The van der Waals surface area contributed by atoms with Gasteiger partial charge >= 0.3 is 0 Å². The lowest BCUT2D eigenvalue weighted by molar-refractivity contribution is -0.114. The van der Waals surface area contributed by atoms with E-state index in [0.717, 1.165) is 60.8 Å². The van der Waals surface area contributed by atoms with Crippen LogP contribution in [0, 0.1) is 6.92 Å². The number of aryl methyl sites for hydroxylation is 1. The van der Waals surface area contributed by atoms with Crippen molar-refractivity contribution in [2.24, 2.45) is 0 Å². The van der Waals surface area contributed by atoms with Gasteiger partial charge in [-0.2, -0.15) is 4.98 Å². The van der Waals surface area contributed by atoms with E-state index in [1.54, 1.807) is 12.0 Å². The number of hydrogen-bond acceptors (Lipinski definition) is 7. The number of carbonyl (C=O) groups excluding carboxylic acids is 1. The SMILES string of the molecule is C=CC(=O)N1CCN(c2cc3cnc(NC4CC4)nc3n(C3CCC(OC)CC3)c2=O)c2cccc(C)c21. The topological polar surface area (TPSA) is 92.6 Å². The Morgan fingerprint density at radius 2 is 1.92 bits per heavy atom. The summed E-state index contributed by atoms with van der Waals surface area (Å²) in [6.07, 6.45) is 9.14. The average Bonchev–Trinajstić information content (AvgIpc) is 3.76. The zero-order valence-electron chi connectivity index (χ0n) is 22.0. The maximum absolute atomic E-state index is 14.4. The van der Waals surface area contributed by atoms with Gasteiger partial charge in [-0.3, -0.25) is 14.2 Å². The number of aromatic nitrogens is 3. The number of para-hydroxylation sites is 1. The Bertz CT molecular complexity index is 1450. The number of pyridine rings is 1. The van der Waals surface area contributed by atoms with Crippen molar-refractivity contribution in [2.75, 3.05) is 35.3 Å². The lowest BCUT2D eigenvalue weighted by Crippen LogP contribution is -2.44. The van der Waals surface area contributed by atoms with Crippen LogP contribution in [0.15, 0.2) is 47.9 Å². The van der Waals surface area contributed by atoms with Crippen LogP contribution in [0.2, 0.25) is 0 Å². The number of nitrogens with one attached hydrogen (secondary N) is 1. The number of nitrogens with zero attached hydrogens (tertiary/aromatic N) is 5. The van der Waals surface area contributed by atoms with Gasteiger partial charge in [-0.15, -0.1) is 0 Å². The molecule has 2 aromatic heterocycles. The molecule has 2 aliphatic carbocycles. The van der Waals surface area contributed by atoms with Crippen molar-refractivity contribution in [2.45, 2.75) is 63.6 Å². The number of hydrogen-bond donors (Lipinski definition) is 1. The van der Waals surface area contributed by atoms with Crippen LogP contribution >= 0.6 is 0 Å². The van der Waals surface area contributed by atoms with E-state index in [2.05, 4.69) is 16.9 Å². The highest BCUT2D eigenvalue weighted by molar-refractivity contribution is 6.05. The minimum atomic E-state index is -0.143. The third kappa shape index (κ3) is 4.34. The monoisotopic (exact) mass is 514 g/mol. The van der Waals surface area contributed by atoms with E-state index >= 15 is 0 Å². The first kappa shape index (κ1) is 24.6. The Morgan fingerprint density at radius 3 is 2.63 bits per heavy atom. The molecule has 0 bridgehead atoms. The first-order chi connectivity index (χ1) is 18.5. The fourth-order valence-corrected chi connectivity index (χ4v) is 5.88. The largest absolute Gasteiger partial charge is 0.381 e. The van der Waals surface area contributed by atoms with E-state index in [9.17, 15) is 9.59 Å². The second-order valence-electron chi connectivity index (χ2n) is 10.6. The average molecular weight is 515 g/mol. The van der Waals surface area contributed by atoms with E-state index < -0.39 is 0 Å². The number of ether oxygens (including phenoxy) is 1. The van der Waals surface area contributed by atoms with Crippen LogP contribution in [0.4, 0.5) is 23.0 Å². The summed E-state index contributed by atoms with van der Waals surface area (Å²) in [4.78, 5) is 40.3. The van der Waals surface area contributed by atoms with Crippen LogP contribution in [0.25, 0.3) is 11.0 Å². The molecule has 3 aliphatic rings. The standard InChI is InChI=1S/C29H34N6O3/c1-4-25(36)34-15-14-33(23-7-5-6-18(2)26(23)34)24-16-19-17-30-29(31-20-8-9-20)32-27(19)35(28(24)37)21-10-12-22(38-3)13-11-21/h4-7,16-17,20-22H,1,8-15H2,2-3H3,(H,30,31,32). The fraction of sp³-hybridized carbons (Fsp3) is 0.448. The van der Waals surface area contributed by atoms with Gasteiger partial charge in [-0.25, -0.2) is 4.98 Å². The molecule has 0 unspecified atom stereocenters. The van der Waals surface area contributed by atoms with Gasteiger partial charge in [0.15, 0.2) is 0 Å². The van der Waals surface area contributed by atoms with Gasteiger partial charge in [-0.05, 0) is 69.2 Å². The van der Waals surface area contributed by atoms with Crippen molar-refractivity contribution in [1.82, 2.24) is 14.5 Å². The molecule has 0 spiro atoms. The molecule has 9 nitrogen and oxygen atoms in total. The minimum absolute atomic E-state index is 0.0284. The van der Waals surface area contributed by atoms with Crippen LogP contribution in [0.3, 0.4) is 0 Å². The van der Waals surface area contributed by atoms with Crippen LogP contribution in [0.5, 0.6) is 0 Å². The van der Waals surface area contributed by atoms with Gasteiger partial charge < -0.3 is 19.9 Å². The molecule has 6 rings (SSSR count). The zero-order valence-corrected chi connectivity index (χ0v) is 22.0. The summed E-state index contributed by atoms with van der Waals surface area (Å²) in [7, 11) is 1.76. The molecule has 3 aromatic rings. The lowest BCUT2D eigenvalue weighted by atomic mass is 9.92. The summed E-state index contributed by atoms with van der Waals surface area (Å²) in [5.74, 6) is 0.430.